The van der Waals surface area contributed by atoms with E-state index in [0.717, 1.165) is 34.8 Å². The Balaban J connectivity index is 0.832. The van der Waals surface area contributed by atoms with E-state index in [9.17, 15) is 28.8 Å². The molecule has 0 saturated carbocycles. The lowest BCUT2D eigenvalue weighted by molar-refractivity contribution is -0.136. The Morgan fingerprint density at radius 2 is 1.70 bits per heavy atom. The topological polar surface area (TPSA) is 195 Å². The number of piperidine rings is 1. The van der Waals surface area contributed by atoms with Crippen molar-refractivity contribution in [3.8, 4) is 0 Å². The molecule has 0 radical (unpaired) electrons. The van der Waals surface area contributed by atoms with E-state index in [1.54, 1.807) is 36.4 Å². The number of amides is 6. The second-order valence-electron chi connectivity index (χ2n) is 13.4. The maximum Gasteiger partial charge on any atom is 0.264 e. The average molecular weight is 721 g/mol. The molecule has 3 aliphatic heterocycles. The lowest BCUT2D eigenvalue weighted by atomic mass is 10.0. The van der Waals surface area contributed by atoms with Crippen LogP contribution in [0.1, 0.15) is 79.9 Å². The van der Waals surface area contributed by atoms with Crippen molar-refractivity contribution in [1.82, 2.24) is 30.4 Å². The quantitative estimate of drug-likeness (QED) is 0.101. The van der Waals surface area contributed by atoms with E-state index in [4.69, 9.17) is 9.72 Å². The number of hydrogen-bond acceptors (Lipinski definition) is 10. The molecule has 2 fully saturated rings. The zero-order chi connectivity index (χ0) is 37.1. The van der Waals surface area contributed by atoms with Crippen molar-refractivity contribution in [2.75, 3.05) is 43.5 Å². The summed E-state index contributed by atoms with van der Waals surface area (Å²) >= 11 is 0. The third-order valence-electron chi connectivity index (χ3n) is 9.80. The number of aromatic nitrogens is 2. The summed E-state index contributed by atoms with van der Waals surface area (Å²) < 4.78 is 5.63. The fraction of sp³-hybridized carbons (Fsp3) is 0.342. The van der Waals surface area contributed by atoms with Gasteiger partial charge in [-0.1, -0.05) is 6.07 Å². The third kappa shape index (κ3) is 7.66. The Morgan fingerprint density at radius 1 is 0.925 bits per heavy atom. The summed E-state index contributed by atoms with van der Waals surface area (Å²) in [5.74, 6) is -1.98. The number of likely N-dealkylation sites (tertiary alicyclic amines) is 1. The second kappa shape index (κ2) is 15.4. The summed E-state index contributed by atoms with van der Waals surface area (Å²) in [6.45, 7) is 5.09. The second-order valence-corrected chi connectivity index (χ2v) is 13.4. The predicted octanol–water partition coefficient (Wildman–Crippen LogP) is 3.06. The number of carbonyl (C=O) groups is 6. The summed E-state index contributed by atoms with van der Waals surface area (Å²) in [6.07, 6.45) is 2.52. The molecule has 6 amide bonds. The molecular weight excluding hydrogens is 680 g/mol. The highest BCUT2D eigenvalue weighted by Gasteiger charge is 2.45. The molecule has 0 bridgehead atoms. The fourth-order valence-corrected chi connectivity index (χ4v) is 6.97. The number of aromatic amines is 1. The number of fused-ring (bicyclic) bond motifs is 2. The largest absolute Gasteiger partial charge is 0.382 e. The molecule has 53 heavy (non-hydrogen) atoms. The van der Waals surface area contributed by atoms with Gasteiger partial charge in [0.25, 0.3) is 23.6 Å². The van der Waals surface area contributed by atoms with Crippen LogP contribution in [0.15, 0.2) is 60.7 Å². The van der Waals surface area contributed by atoms with Crippen LogP contribution in [0.3, 0.4) is 0 Å². The number of H-pyrrole nitrogens is 1. The molecule has 15 heteroatoms. The van der Waals surface area contributed by atoms with Crippen molar-refractivity contribution >= 4 is 57.9 Å². The number of rotatable bonds is 13. The van der Waals surface area contributed by atoms with Gasteiger partial charge in [-0.2, -0.15) is 0 Å². The highest BCUT2D eigenvalue weighted by atomic mass is 16.5. The van der Waals surface area contributed by atoms with Gasteiger partial charge in [-0.3, -0.25) is 43.9 Å². The van der Waals surface area contributed by atoms with Gasteiger partial charge in [-0.25, -0.2) is 4.98 Å². The number of carbonyl (C=O) groups excluding carboxylic acids is 6. The number of hydrogen-bond donors (Lipinski definition) is 5. The maximum absolute atomic E-state index is 13.2. The molecule has 3 aliphatic rings. The number of imidazole rings is 1. The Hall–Kier alpha value is -5.93. The standard InChI is InChI=1S/C38H40N8O7/c1-22-4-3-17-45(22)21-31-42-27-12-11-25(20-29(27)43-31)41-35(49)24-9-7-23(8-10-24)34(48)40-16-19-53-18-15-39-28-6-2-5-26-33(28)38(52)46(37(26)51)30-13-14-32(47)44-36(30)50/h2,5-12,20,22,30,39H,3-4,13-19,21H2,1H3,(H,40,48)(H,41,49)(H,42,43)(H,44,47,50)/t22-,30?/m0/s1. The Morgan fingerprint density at radius 3 is 2.45 bits per heavy atom. The maximum atomic E-state index is 13.2. The minimum atomic E-state index is -1.04. The minimum Gasteiger partial charge on any atom is -0.382 e. The number of anilines is 2. The highest BCUT2D eigenvalue weighted by Crippen LogP contribution is 2.32. The zero-order valence-corrected chi connectivity index (χ0v) is 29.2. The van der Waals surface area contributed by atoms with Gasteiger partial charge in [0.05, 0.1) is 41.9 Å². The summed E-state index contributed by atoms with van der Waals surface area (Å²) in [5.41, 5.74) is 3.91. The molecule has 1 aromatic heterocycles. The first-order chi connectivity index (χ1) is 25.7. The zero-order valence-electron chi connectivity index (χ0n) is 29.2. The molecular formula is C38H40N8O7. The van der Waals surface area contributed by atoms with E-state index in [1.807, 2.05) is 18.2 Å². The van der Waals surface area contributed by atoms with Crippen LogP contribution < -0.4 is 21.3 Å². The molecule has 0 aliphatic carbocycles. The SMILES string of the molecule is C[C@H]1CCCN1Cc1nc2cc(NC(=O)c3ccc(C(=O)NCCOCCNc4cccc5c4C(=O)N(C4CCC(=O)NC4=O)C5=O)cc3)ccc2[nH]1. The van der Waals surface area contributed by atoms with Crippen LogP contribution in [-0.2, 0) is 20.9 Å². The molecule has 4 heterocycles. The van der Waals surface area contributed by atoms with Gasteiger partial charge < -0.3 is 25.7 Å². The summed E-state index contributed by atoms with van der Waals surface area (Å²) in [7, 11) is 0. The van der Waals surface area contributed by atoms with Gasteiger partial charge >= 0.3 is 0 Å². The predicted molar refractivity (Wildman–Crippen MR) is 194 cm³/mol. The molecule has 4 aromatic rings. The highest BCUT2D eigenvalue weighted by molar-refractivity contribution is 6.25. The first-order valence-corrected chi connectivity index (χ1v) is 17.7. The Labute approximate surface area is 304 Å². The van der Waals surface area contributed by atoms with Crippen LogP contribution in [0, 0.1) is 0 Å². The van der Waals surface area contributed by atoms with Crippen molar-refractivity contribution < 1.29 is 33.5 Å². The monoisotopic (exact) mass is 720 g/mol. The average Bonchev–Trinajstić information content (AvgIpc) is 3.82. The molecule has 3 aromatic carbocycles. The number of nitrogens with one attached hydrogen (secondary N) is 5. The number of nitrogens with zero attached hydrogens (tertiary/aromatic N) is 3. The number of benzene rings is 3. The summed E-state index contributed by atoms with van der Waals surface area (Å²) in [6, 6.07) is 16.3. The molecule has 5 N–H and O–H groups in total. The molecule has 15 nitrogen and oxygen atoms in total. The van der Waals surface area contributed by atoms with Crippen LogP contribution in [0.4, 0.5) is 11.4 Å². The normalized spacial score (nSPS) is 18.7. The molecule has 1 unspecified atom stereocenters. The van der Waals surface area contributed by atoms with Gasteiger partial charge in [0.1, 0.15) is 11.9 Å². The number of ether oxygens (including phenoxy) is 1. The van der Waals surface area contributed by atoms with Gasteiger partial charge in [-0.05, 0) is 87.3 Å². The van der Waals surface area contributed by atoms with Crippen molar-refractivity contribution in [3.63, 3.8) is 0 Å². The summed E-state index contributed by atoms with van der Waals surface area (Å²) in [5, 5.41) is 11.0. The lowest BCUT2D eigenvalue weighted by Gasteiger charge is -2.27. The molecule has 0 spiro atoms. The van der Waals surface area contributed by atoms with Crippen molar-refractivity contribution in [3.05, 3.63) is 88.7 Å². The van der Waals surface area contributed by atoms with Gasteiger partial charge in [0, 0.05) is 48.1 Å². The van der Waals surface area contributed by atoms with E-state index in [0.29, 0.717) is 35.1 Å². The smallest absolute Gasteiger partial charge is 0.264 e. The molecule has 2 saturated heterocycles. The Kier molecular flexibility index (Phi) is 10.3. The minimum absolute atomic E-state index is 0.0445. The first kappa shape index (κ1) is 35.5. The molecule has 7 rings (SSSR count). The van der Waals surface area contributed by atoms with E-state index in [-0.39, 0.29) is 55.5 Å². The van der Waals surface area contributed by atoms with Crippen molar-refractivity contribution in [2.24, 2.45) is 0 Å². The van der Waals surface area contributed by atoms with Crippen molar-refractivity contribution in [2.45, 2.75) is 51.2 Å². The first-order valence-electron chi connectivity index (χ1n) is 17.7. The van der Waals surface area contributed by atoms with E-state index < -0.39 is 29.7 Å². The molecule has 2 atom stereocenters. The van der Waals surface area contributed by atoms with E-state index >= 15 is 0 Å². The van der Waals surface area contributed by atoms with Gasteiger partial charge in [0.15, 0.2) is 0 Å². The van der Waals surface area contributed by atoms with E-state index in [1.165, 1.54) is 18.9 Å². The van der Waals surface area contributed by atoms with Gasteiger partial charge in [0.2, 0.25) is 11.8 Å². The fourth-order valence-electron chi connectivity index (χ4n) is 6.97. The van der Waals surface area contributed by atoms with Crippen LogP contribution in [0.5, 0.6) is 0 Å². The van der Waals surface area contributed by atoms with Crippen LogP contribution in [-0.4, -0.2) is 100 Å². The van der Waals surface area contributed by atoms with Crippen LogP contribution >= 0.6 is 0 Å². The number of imide groups is 2. The molecule has 274 valence electrons. The Bertz CT molecular complexity index is 2100. The van der Waals surface area contributed by atoms with E-state index in [2.05, 4.69) is 38.1 Å². The third-order valence-corrected chi connectivity index (χ3v) is 9.80. The van der Waals surface area contributed by atoms with Crippen LogP contribution in [0.2, 0.25) is 0 Å². The summed E-state index contributed by atoms with van der Waals surface area (Å²) in [4.78, 5) is 87.2. The lowest BCUT2D eigenvalue weighted by Crippen LogP contribution is -2.54. The van der Waals surface area contributed by atoms with Crippen molar-refractivity contribution in [1.29, 1.82) is 0 Å². The van der Waals surface area contributed by atoms with Gasteiger partial charge in [-0.15, -0.1) is 0 Å². The van der Waals surface area contributed by atoms with Crippen LogP contribution in [0.25, 0.3) is 11.0 Å².